The predicted molar refractivity (Wildman–Crippen MR) is 87.3 cm³/mol. The third-order valence-corrected chi connectivity index (χ3v) is 6.71. The van der Waals surface area contributed by atoms with Gasteiger partial charge in [-0.1, -0.05) is 61.8 Å². The maximum atomic E-state index is 2.37. The van der Waals surface area contributed by atoms with E-state index in [4.69, 9.17) is 0 Å². The lowest BCUT2D eigenvalue weighted by atomic mass is 9.56. The molecule has 0 nitrogen and oxygen atoms in total. The monoisotopic (exact) mass is 266 g/mol. The third-order valence-electron chi connectivity index (χ3n) is 6.71. The Morgan fingerprint density at radius 1 is 0.474 bits per heavy atom. The van der Waals surface area contributed by atoms with Gasteiger partial charge in [-0.25, -0.2) is 0 Å². The van der Waals surface area contributed by atoms with Gasteiger partial charge in [-0.3, -0.25) is 0 Å². The first-order chi connectivity index (χ1) is 8.69. The van der Waals surface area contributed by atoms with Gasteiger partial charge in [0.1, 0.15) is 0 Å². The first-order valence-corrected chi connectivity index (χ1v) is 8.69. The van der Waals surface area contributed by atoms with Crippen molar-refractivity contribution in [2.24, 2.45) is 34.5 Å². The fourth-order valence-corrected chi connectivity index (χ4v) is 4.37. The Kier molecular flexibility index (Phi) is 5.55. The predicted octanol–water partition coefficient (Wildman–Crippen LogP) is 6.55. The lowest BCUT2D eigenvalue weighted by molar-refractivity contribution is 0.0135. The van der Waals surface area contributed by atoms with Crippen molar-refractivity contribution < 1.29 is 0 Å². The molecule has 0 amide bonds. The van der Waals surface area contributed by atoms with Gasteiger partial charge in [0.15, 0.2) is 0 Å². The highest BCUT2D eigenvalue weighted by atomic mass is 14.5. The minimum Gasteiger partial charge on any atom is -0.0622 e. The molecule has 0 bridgehead atoms. The second kappa shape index (κ2) is 6.19. The number of hydrogen-bond acceptors (Lipinski definition) is 0. The molecule has 19 heavy (non-hydrogen) atoms. The van der Waals surface area contributed by atoms with E-state index in [1.54, 1.807) is 0 Å². The van der Waals surface area contributed by atoms with E-state index >= 15 is 0 Å². The van der Waals surface area contributed by atoms with Crippen LogP contribution in [0.4, 0.5) is 0 Å². The molecule has 0 saturated heterocycles. The van der Waals surface area contributed by atoms with Crippen LogP contribution in [-0.4, -0.2) is 0 Å². The summed E-state index contributed by atoms with van der Waals surface area (Å²) in [6.07, 6.45) is 7.37. The van der Waals surface area contributed by atoms with Gasteiger partial charge in [0.2, 0.25) is 0 Å². The molecule has 0 aromatic rings. The molecular weight excluding hydrogens is 228 g/mol. The Bertz CT molecular complexity index is 242. The molecule has 2 fully saturated rings. The van der Waals surface area contributed by atoms with Crippen LogP contribution in [-0.2, 0) is 0 Å². The van der Waals surface area contributed by atoms with Crippen molar-refractivity contribution in [1.29, 1.82) is 0 Å². The van der Waals surface area contributed by atoms with E-state index in [0.29, 0.717) is 0 Å². The van der Waals surface area contributed by atoms with Gasteiger partial charge in [-0.05, 0) is 60.2 Å². The molecule has 0 spiro atoms. The lowest BCUT2D eigenvalue weighted by Crippen LogP contribution is -2.39. The zero-order valence-corrected chi connectivity index (χ0v) is 14.8. The maximum Gasteiger partial charge on any atom is -0.0251 e. The molecule has 0 radical (unpaired) electrons. The Balaban J connectivity index is 0.000000191. The first-order valence-electron chi connectivity index (χ1n) is 8.69. The number of rotatable bonds is 4. The van der Waals surface area contributed by atoms with Crippen LogP contribution in [0.5, 0.6) is 0 Å². The van der Waals surface area contributed by atoms with E-state index in [-0.39, 0.29) is 0 Å². The van der Waals surface area contributed by atoms with Crippen LogP contribution in [0.25, 0.3) is 0 Å². The van der Waals surface area contributed by atoms with Crippen LogP contribution in [0.15, 0.2) is 0 Å². The van der Waals surface area contributed by atoms with E-state index in [1.165, 1.54) is 32.1 Å². The van der Waals surface area contributed by atoms with Gasteiger partial charge in [0, 0.05) is 0 Å². The highest BCUT2D eigenvalue weighted by Gasteiger charge is 2.47. The topological polar surface area (TPSA) is 0 Å². The zero-order chi connectivity index (χ0) is 14.8. The standard InChI is InChI=1S/C10H20.C9H18/c1-8(2)10(9(3)4)6-5-7-10;1-7(2)9(5-6-9)8(3)4/h8-9H,5-7H2,1-4H3;7-8H,5-6H2,1-4H3. The Hall–Kier alpha value is 0. The highest BCUT2D eigenvalue weighted by molar-refractivity contribution is 4.97. The summed E-state index contributed by atoms with van der Waals surface area (Å²) in [6.45, 7) is 18.9. The summed E-state index contributed by atoms with van der Waals surface area (Å²) in [7, 11) is 0. The van der Waals surface area contributed by atoms with Crippen LogP contribution in [0.2, 0.25) is 0 Å². The Morgan fingerprint density at radius 3 is 0.737 bits per heavy atom. The quantitative estimate of drug-likeness (QED) is 0.541. The summed E-state index contributed by atoms with van der Waals surface area (Å²) in [5, 5.41) is 0. The van der Waals surface area contributed by atoms with Crippen molar-refractivity contribution in [3.63, 3.8) is 0 Å². The maximum absolute atomic E-state index is 2.37. The summed E-state index contributed by atoms with van der Waals surface area (Å²) in [6, 6.07) is 0. The lowest BCUT2D eigenvalue weighted by Gasteiger charge is -2.49. The summed E-state index contributed by atoms with van der Waals surface area (Å²) < 4.78 is 0. The molecule has 0 heteroatoms. The molecule has 0 atom stereocenters. The van der Waals surface area contributed by atoms with Gasteiger partial charge in [-0.2, -0.15) is 0 Å². The second-order valence-electron chi connectivity index (χ2n) is 8.44. The van der Waals surface area contributed by atoms with Gasteiger partial charge in [0.25, 0.3) is 0 Å². The molecule has 2 saturated carbocycles. The molecule has 0 heterocycles. The van der Waals surface area contributed by atoms with Crippen LogP contribution < -0.4 is 0 Å². The van der Waals surface area contributed by atoms with Crippen LogP contribution >= 0.6 is 0 Å². The van der Waals surface area contributed by atoms with Gasteiger partial charge < -0.3 is 0 Å². The molecular formula is C19H38. The van der Waals surface area contributed by atoms with Crippen molar-refractivity contribution in [3.8, 4) is 0 Å². The van der Waals surface area contributed by atoms with Crippen molar-refractivity contribution in [1.82, 2.24) is 0 Å². The van der Waals surface area contributed by atoms with Crippen LogP contribution in [0, 0.1) is 34.5 Å². The van der Waals surface area contributed by atoms with E-state index in [2.05, 4.69) is 55.4 Å². The molecule has 0 aromatic heterocycles. The summed E-state index contributed by atoms with van der Waals surface area (Å²) >= 11 is 0. The van der Waals surface area contributed by atoms with Crippen molar-refractivity contribution in [2.45, 2.75) is 87.5 Å². The summed E-state index contributed by atoms with van der Waals surface area (Å²) in [4.78, 5) is 0. The van der Waals surface area contributed by atoms with Crippen molar-refractivity contribution in [2.75, 3.05) is 0 Å². The smallest absolute Gasteiger partial charge is 0.0251 e. The van der Waals surface area contributed by atoms with E-state index in [9.17, 15) is 0 Å². The van der Waals surface area contributed by atoms with Gasteiger partial charge in [0.05, 0.1) is 0 Å². The molecule has 2 aliphatic carbocycles. The summed E-state index contributed by atoms with van der Waals surface area (Å²) in [5.41, 5.74) is 1.47. The molecule has 0 aromatic carbocycles. The van der Waals surface area contributed by atoms with Crippen molar-refractivity contribution in [3.05, 3.63) is 0 Å². The minimum absolute atomic E-state index is 0.722. The minimum atomic E-state index is 0.722. The Labute approximate surface area is 122 Å². The van der Waals surface area contributed by atoms with E-state index in [1.807, 2.05) is 0 Å². The molecule has 2 rings (SSSR count). The SMILES string of the molecule is CC(C)C1(C(C)C)CC1.CC(C)C1(C(C)C)CCC1. The van der Waals surface area contributed by atoms with Crippen molar-refractivity contribution >= 4 is 0 Å². The van der Waals surface area contributed by atoms with Gasteiger partial charge >= 0.3 is 0 Å². The fourth-order valence-electron chi connectivity index (χ4n) is 4.37. The molecule has 0 aliphatic heterocycles. The average molecular weight is 267 g/mol. The highest BCUT2D eigenvalue weighted by Crippen LogP contribution is 2.57. The fraction of sp³-hybridized carbons (Fsp3) is 1.00. The number of hydrogen-bond donors (Lipinski definition) is 0. The first kappa shape index (κ1) is 17.1. The third kappa shape index (κ3) is 3.37. The summed E-state index contributed by atoms with van der Waals surface area (Å²) in [5.74, 6) is 3.58. The Morgan fingerprint density at radius 2 is 0.737 bits per heavy atom. The van der Waals surface area contributed by atoms with E-state index in [0.717, 1.165) is 34.5 Å². The molecule has 0 N–H and O–H groups in total. The normalized spacial score (nSPS) is 23.4. The average Bonchev–Trinajstić information content (AvgIpc) is 2.94. The molecule has 2 aliphatic rings. The largest absolute Gasteiger partial charge is 0.0622 e. The van der Waals surface area contributed by atoms with Gasteiger partial charge in [-0.15, -0.1) is 0 Å². The molecule has 114 valence electrons. The van der Waals surface area contributed by atoms with Crippen LogP contribution in [0.3, 0.4) is 0 Å². The van der Waals surface area contributed by atoms with Crippen LogP contribution in [0.1, 0.15) is 87.5 Å². The second-order valence-corrected chi connectivity index (χ2v) is 8.44. The zero-order valence-electron chi connectivity index (χ0n) is 14.8. The van der Waals surface area contributed by atoms with E-state index < -0.39 is 0 Å². The molecule has 0 unspecified atom stereocenters.